The van der Waals surface area contributed by atoms with Gasteiger partial charge in [-0.3, -0.25) is 24.6 Å². The number of amides is 3. The molecule has 7 nitrogen and oxygen atoms in total. The number of hydrogen-bond donors (Lipinski definition) is 1. The van der Waals surface area contributed by atoms with Gasteiger partial charge in [0.15, 0.2) is 0 Å². The van der Waals surface area contributed by atoms with Crippen LogP contribution in [0, 0.1) is 5.92 Å². The first kappa shape index (κ1) is 17.8. The molecule has 0 saturated carbocycles. The van der Waals surface area contributed by atoms with Crippen LogP contribution in [0.2, 0.25) is 0 Å². The van der Waals surface area contributed by atoms with Gasteiger partial charge in [0, 0.05) is 47.5 Å². The lowest BCUT2D eigenvalue weighted by Gasteiger charge is -2.33. The van der Waals surface area contributed by atoms with Crippen LogP contribution in [-0.4, -0.2) is 43.1 Å². The predicted molar refractivity (Wildman–Crippen MR) is 108 cm³/mol. The van der Waals surface area contributed by atoms with Crippen LogP contribution in [0.4, 0.5) is 11.4 Å². The summed E-state index contributed by atoms with van der Waals surface area (Å²) >= 11 is 0. The number of aldehydes is 1. The van der Waals surface area contributed by atoms with Gasteiger partial charge in [-0.15, -0.1) is 0 Å². The molecule has 3 aliphatic heterocycles. The highest BCUT2D eigenvalue weighted by Gasteiger charge is 2.41. The van der Waals surface area contributed by atoms with Crippen LogP contribution in [0.1, 0.15) is 36.0 Å². The predicted octanol–water partition coefficient (Wildman–Crippen LogP) is 2.02. The van der Waals surface area contributed by atoms with E-state index in [1.165, 1.54) is 0 Å². The minimum Gasteiger partial charge on any atom is -0.371 e. The zero-order chi connectivity index (χ0) is 20.1. The van der Waals surface area contributed by atoms with E-state index >= 15 is 0 Å². The summed E-state index contributed by atoms with van der Waals surface area (Å²) in [7, 11) is 0. The molecule has 2 aromatic rings. The molecule has 0 spiro atoms. The van der Waals surface area contributed by atoms with Gasteiger partial charge in [0.25, 0.3) is 5.91 Å². The fourth-order valence-corrected chi connectivity index (χ4v) is 4.78. The second-order valence-electron chi connectivity index (χ2n) is 7.93. The van der Waals surface area contributed by atoms with Crippen molar-refractivity contribution < 1.29 is 19.2 Å². The molecule has 2 fully saturated rings. The fraction of sp³-hybridized carbons (Fsp3) is 0.364. The molecule has 7 heteroatoms. The number of imide groups is 1. The van der Waals surface area contributed by atoms with Crippen molar-refractivity contribution in [3.8, 4) is 0 Å². The zero-order valence-electron chi connectivity index (χ0n) is 15.9. The summed E-state index contributed by atoms with van der Waals surface area (Å²) in [5, 5.41) is 4.19. The summed E-state index contributed by atoms with van der Waals surface area (Å²) in [6, 6.07) is 8.90. The molecule has 2 aromatic carbocycles. The van der Waals surface area contributed by atoms with Crippen molar-refractivity contribution in [1.82, 2.24) is 5.32 Å². The molecule has 2 saturated heterocycles. The highest BCUT2D eigenvalue weighted by atomic mass is 16.2. The molecule has 0 unspecified atom stereocenters. The first-order chi connectivity index (χ1) is 14.1. The van der Waals surface area contributed by atoms with Crippen molar-refractivity contribution in [2.24, 2.45) is 5.92 Å². The summed E-state index contributed by atoms with van der Waals surface area (Å²) < 4.78 is 0. The Bertz CT molecular complexity index is 1060. The summed E-state index contributed by atoms with van der Waals surface area (Å²) in [6.07, 6.45) is 3.25. The van der Waals surface area contributed by atoms with Crippen LogP contribution in [0.5, 0.6) is 0 Å². The van der Waals surface area contributed by atoms with Crippen LogP contribution in [0.3, 0.4) is 0 Å². The minimum atomic E-state index is -0.676. The van der Waals surface area contributed by atoms with Crippen molar-refractivity contribution in [1.29, 1.82) is 0 Å². The average molecular weight is 391 g/mol. The van der Waals surface area contributed by atoms with Crippen LogP contribution >= 0.6 is 0 Å². The van der Waals surface area contributed by atoms with Gasteiger partial charge in [-0.25, -0.2) is 0 Å². The second-order valence-corrected chi connectivity index (χ2v) is 7.93. The van der Waals surface area contributed by atoms with Gasteiger partial charge in [0.1, 0.15) is 12.3 Å². The van der Waals surface area contributed by atoms with Crippen molar-refractivity contribution in [3.05, 3.63) is 35.9 Å². The van der Waals surface area contributed by atoms with E-state index in [0.29, 0.717) is 12.0 Å². The number of benzene rings is 2. The van der Waals surface area contributed by atoms with Crippen molar-refractivity contribution >= 4 is 46.2 Å². The van der Waals surface area contributed by atoms with E-state index in [9.17, 15) is 19.2 Å². The third kappa shape index (κ3) is 2.72. The molecule has 0 radical (unpaired) electrons. The van der Waals surface area contributed by atoms with E-state index in [1.54, 1.807) is 11.0 Å². The van der Waals surface area contributed by atoms with E-state index in [0.717, 1.165) is 54.4 Å². The summed E-state index contributed by atoms with van der Waals surface area (Å²) in [6.45, 7) is 1.60. The lowest BCUT2D eigenvalue weighted by Crippen LogP contribution is -2.53. The van der Waals surface area contributed by atoms with Crippen molar-refractivity contribution in [3.63, 3.8) is 0 Å². The Hall–Kier alpha value is -3.22. The molecule has 148 valence electrons. The second kappa shape index (κ2) is 6.69. The van der Waals surface area contributed by atoms with Gasteiger partial charge in [0.2, 0.25) is 11.8 Å². The van der Waals surface area contributed by atoms with Crippen LogP contribution in [0.25, 0.3) is 10.8 Å². The van der Waals surface area contributed by atoms with E-state index in [-0.39, 0.29) is 24.2 Å². The van der Waals surface area contributed by atoms with E-state index in [1.807, 2.05) is 24.3 Å². The average Bonchev–Trinajstić information content (AvgIpc) is 3.02. The Labute approximate surface area is 167 Å². The van der Waals surface area contributed by atoms with Gasteiger partial charge in [0.05, 0.1) is 5.69 Å². The maximum Gasteiger partial charge on any atom is 0.259 e. The number of nitrogens with zero attached hydrogens (tertiary/aromatic N) is 2. The first-order valence-electron chi connectivity index (χ1n) is 10.0. The van der Waals surface area contributed by atoms with Crippen LogP contribution in [-0.2, 0) is 14.4 Å². The standard InChI is InChI=1S/C22H21N3O4/c26-12-13-8-10-24(11-9-13)16-4-5-17-20-14(16)2-1-3-15(20)22(29)25(17)18-6-7-19(27)23-21(18)28/h1-5,12-13,18H,6-11H2,(H,23,27,28)/t18-/m0/s1. The Morgan fingerprint density at radius 2 is 1.72 bits per heavy atom. The number of carbonyl (C=O) groups is 4. The normalized spacial score (nSPS) is 22.3. The van der Waals surface area contributed by atoms with Gasteiger partial charge < -0.3 is 9.69 Å². The van der Waals surface area contributed by atoms with Crippen LogP contribution < -0.4 is 15.1 Å². The molecule has 3 amide bonds. The molecule has 0 aliphatic carbocycles. The SMILES string of the molecule is O=CC1CCN(c2ccc3c4c(cccc24)C(=O)N3[C@H]2CCC(=O)NC2=O)CC1. The van der Waals surface area contributed by atoms with E-state index < -0.39 is 11.9 Å². The lowest BCUT2D eigenvalue weighted by molar-refractivity contribution is -0.134. The van der Waals surface area contributed by atoms with E-state index in [4.69, 9.17) is 0 Å². The zero-order valence-corrected chi connectivity index (χ0v) is 15.9. The monoisotopic (exact) mass is 391 g/mol. The molecule has 3 heterocycles. The van der Waals surface area contributed by atoms with Gasteiger partial charge in [-0.05, 0) is 37.5 Å². The Morgan fingerprint density at radius 1 is 0.966 bits per heavy atom. The number of piperidine rings is 2. The van der Waals surface area contributed by atoms with Crippen molar-refractivity contribution in [2.75, 3.05) is 22.9 Å². The number of carbonyl (C=O) groups excluding carboxylic acids is 4. The molecule has 5 rings (SSSR count). The van der Waals surface area contributed by atoms with Crippen molar-refractivity contribution in [2.45, 2.75) is 31.7 Å². The van der Waals surface area contributed by atoms with Gasteiger partial charge >= 0.3 is 0 Å². The Kier molecular flexibility index (Phi) is 4.12. The van der Waals surface area contributed by atoms with Crippen LogP contribution in [0.15, 0.2) is 30.3 Å². The molecule has 3 aliphatic rings. The highest BCUT2D eigenvalue weighted by Crippen LogP contribution is 2.43. The van der Waals surface area contributed by atoms with Gasteiger partial charge in [-0.1, -0.05) is 12.1 Å². The molecule has 0 aromatic heterocycles. The Balaban J connectivity index is 1.56. The molecule has 0 bridgehead atoms. The molecule has 29 heavy (non-hydrogen) atoms. The number of anilines is 2. The fourth-order valence-electron chi connectivity index (χ4n) is 4.78. The first-order valence-corrected chi connectivity index (χ1v) is 10.0. The summed E-state index contributed by atoms with van der Waals surface area (Å²) in [4.78, 5) is 52.0. The number of hydrogen-bond acceptors (Lipinski definition) is 5. The third-order valence-electron chi connectivity index (χ3n) is 6.30. The maximum absolute atomic E-state index is 13.2. The molecular formula is C22H21N3O4. The van der Waals surface area contributed by atoms with E-state index in [2.05, 4.69) is 10.2 Å². The minimum absolute atomic E-state index is 0.118. The third-order valence-corrected chi connectivity index (χ3v) is 6.30. The topological polar surface area (TPSA) is 86.8 Å². The smallest absolute Gasteiger partial charge is 0.259 e. The summed E-state index contributed by atoms with van der Waals surface area (Å²) in [5.74, 6) is -0.797. The molecule has 1 atom stereocenters. The molecule has 1 N–H and O–H groups in total. The largest absolute Gasteiger partial charge is 0.371 e. The Morgan fingerprint density at radius 3 is 2.45 bits per heavy atom. The number of rotatable bonds is 3. The quantitative estimate of drug-likeness (QED) is 0.639. The maximum atomic E-state index is 13.2. The van der Waals surface area contributed by atoms with Gasteiger partial charge in [-0.2, -0.15) is 0 Å². The highest BCUT2D eigenvalue weighted by molar-refractivity contribution is 6.28. The number of nitrogens with one attached hydrogen (secondary N) is 1. The summed E-state index contributed by atoms with van der Waals surface area (Å²) in [5.41, 5.74) is 2.36. The molecular weight excluding hydrogens is 370 g/mol. The lowest BCUT2D eigenvalue weighted by atomic mass is 9.96.